The molecule has 1 aromatic rings. The van der Waals surface area contributed by atoms with E-state index in [0.29, 0.717) is 24.6 Å². The van der Waals surface area contributed by atoms with Crippen molar-refractivity contribution in [2.75, 3.05) is 20.1 Å². The van der Waals surface area contributed by atoms with Gasteiger partial charge in [-0.2, -0.15) is 8.78 Å². The lowest BCUT2D eigenvalue weighted by molar-refractivity contribution is -0.122. The summed E-state index contributed by atoms with van der Waals surface area (Å²) in [5.41, 5.74) is 1.56. The summed E-state index contributed by atoms with van der Waals surface area (Å²) in [6.07, 6.45) is 1.95. The molecule has 26 heavy (non-hydrogen) atoms. The third-order valence-corrected chi connectivity index (χ3v) is 3.77. The Bertz CT molecular complexity index is 625. The highest BCUT2D eigenvalue weighted by atomic mass is 127. The molecule has 1 aliphatic rings. The topological polar surface area (TPSA) is 74.8 Å². The van der Waals surface area contributed by atoms with E-state index in [2.05, 4.69) is 25.7 Å². The maximum Gasteiger partial charge on any atom is 0.387 e. The summed E-state index contributed by atoms with van der Waals surface area (Å²) in [5, 5.41) is 8.96. The van der Waals surface area contributed by atoms with Crippen molar-refractivity contribution in [1.29, 1.82) is 0 Å². The molecule has 1 saturated carbocycles. The minimum Gasteiger partial charge on any atom is -0.434 e. The second-order valence-corrected chi connectivity index (χ2v) is 5.91. The van der Waals surface area contributed by atoms with E-state index in [1.807, 2.05) is 6.92 Å². The van der Waals surface area contributed by atoms with Crippen molar-refractivity contribution in [3.63, 3.8) is 0 Å². The third kappa shape index (κ3) is 7.71. The molecule has 0 aromatic heterocycles. The number of amides is 1. The molecular weight excluding hydrogens is 457 g/mol. The number of nitrogens with zero attached hydrogens (tertiary/aromatic N) is 1. The van der Waals surface area contributed by atoms with Gasteiger partial charge in [-0.25, -0.2) is 0 Å². The lowest BCUT2D eigenvalue weighted by atomic mass is 10.1. The Morgan fingerprint density at radius 2 is 1.96 bits per heavy atom. The van der Waals surface area contributed by atoms with Crippen LogP contribution in [-0.4, -0.2) is 38.6 Å². The van der Waals surface area contributed by atoms with E-state index in [1.54, 1.807) is 19.2 Å². The molecule has 0 saturated heterocycles. The normalized spacial score (nSPS) is 13.8. The van der Waals surface area contributed by atoms with Crippen LogP contribution in [-0.2, 0) is 11.3 Å². The number of halogens is 3. The molecule has 3 N–H and O–H groups in total. The van der Waals surface area contributed by atoms with Crippen LogP contribution in [0.5, 0.6) is 5.75 Å². The van der Waals surface area contributed by atoms with E-state index in [-0.39, 0.29) is 48.1 Å². The van der Waals surface area contributed by atoms with Crippen molar-refractivity contribution in [2.45, 2.75) is 32.9 Å². The first-order chi connectivity index (χ1) is 12.0. The number of hydrogen-bond donors (Lipinski definition) is 3. The Hall–Kier alpha value is -1.65. The molecule has 1 fully saturated rings. The van der Waals surface area contributed by atoms with Crippen molar-refractivity contribution in [3.05, 3.63) is 29.3 Å². The number of ether oxygens (including phenoxy) is 1. The first-order valence-electron chi connectivity index (χ1n) is 8.26. The van der Waals surface area contributed by atoms with Gasteiger partial charge in [-0.1, -0.05) is 17.7 Å². The monoisotopic (exact) mass is 482 g/mol. The van der Waals surface area contributed by atoms with Crippen molar-refractivity contribution in [3.8, 4) is 5.75 Å². The second-order valence-electron chi connectivity index (χ2n) is 5.91. The van der Waals surface area contributed by atoms with Crippen LogP contribution in [0.2, 0.25) is 0 Å². The molecule has 146 valence electrons. The van der Waals surface area contributed by atoms with Gasteiger partial charge in [-0.3, -0.25) is 9.79 Å². The van der Waals surface area contributed by atoms with Crippen molar-refractivity contribution >= 4 is 35.8 Å². The number of benzene rings is 1. The average Bonchev–Trinajstić information content (AvgIpc) is 3.40. The SMILES string of the molecule is CN=C(NCCNC(=O)C1CC1)NCc1cc(C)ccc1OC(F)F.I. The van der Waals surface area contributed by atoms with Crippen LogP contribution >= 0.6 is 24.0 Å². The second kappa shape index (κ2) is 11.1. The van der Waals surface area contributed by atoms with E-state index >= 15 is 0 Å². The number of carbonyl (C=O) groups excluding carboxylic acids is 1. The third-order valence-electron chi connectivity index (χ3n) is 3.77. The van der Waals surface area contributed by atoms with E-state index in [1.165, 1.54) is 6.07 Å². The van der Waals surface area contributed by atoms with Gasteiger partial charge >= 0.3 is 6.61 Å². The first kappa shape index (κ1) is 22.4. The Labute approximate surface area is 169 Å². The molecule has 1 aliphatic carbocycles. The van der Waals surface area contributed by atoms with E-state index in [4.69, 9.17) is 0 Å². The number of guanidine groups is 1. The summed E-state index contributed by atoms with van der Waals surface area (Å²) in [4.78, 5) is 15.6. The standard InChI is InChI=1S/C17H24F2N4O2.HI/c1-11-3-6-14(25-16(18)19)13(9-11)10-23-17(20-2)22-8-7-21-15(24)12-4-5-12;/h3,6,9,12,16H,4-5,7-8,10H2,1-2H3,(H,21,24)(H2,20,22,23);1H. The highest BCUT2D eigenvalue weighted by Crippen LogP contribution is 2.28. The number of aliphatic imine (C=N–C) groups is 1. The molecule has 0 atom stereocenters. The molecule has 6 nitrogen and oxygen atoms in total. The van der Waals surface area contributed by atoms with Crippen LogP contribution in [0.4, 0.5) is 8.78 Å². The Morgan fingerprint density at radius 3 is 2.58 bits per heavy atom. The number of nitrogens with one attached hydrogen (secondary N) is 3. The van der Waals surface area contributed by atoms with Gasteiger partial charge in [0.2, 0.25) is 5.91 Å². The highest BCUT2D eigenvalue weighted by Gasteiger charge is 2.28. The minimum absolute atomic E-state index is 0. The molecule has 9 heteroatoms. The zero-order chi connectivity index (χ0) is 18.2. The zero-order valence-electron chi connectivity index (χ0n) is 14.9. The summed E-state index contributed by atoms with van der Waals surface area (Å²) in [6.45, 7) is 0.323. The van der Waals surface area contributed by atoms with Gasteiger partial charge in [0.05, 0.1) is 0 Å². The van der Waals surface area contributed by atoms with Gasteiger partial charge in [0.1, 0.15) is 5.75 Å². The van der Waals surface area contributed by atoms with Crippen LogP contribution in [0, 0.1) is 12.8 Å². The molecule has 1 aromatic carbocycles. The predicted molar refractivity (Wildman–Crippen MR) is 107 cm³/mol. The van der Waals surface area contributed by atoms with Crippen molar-refractivity contribution in [1.82, 2.24) is 16.0 Å². The molecule has 1 amide bonds. The molecule has 0 heterocycles. The van der Waals surface area contributed by atoms with Crippen LogP contribution in [0.15, 0.2) is 23.2 Å². The Balaban J connectivity index is 0.00000338. The fourth-order valence-electron chi connectivity index (χ4n) is 2.31. The maximum atomic E-state index is 12.5. The maximum absolute atomic E-state index is 12.5. The van der Waals surface area contributed by atoms with Crippen LogP contribution in [0.3, 0.4) is 0 Å². The van der Waals surface area contributed by atoms with Gasteiger partial charge in [-0.15, -0.1) is 24.0 Å². The molecule has 0 aliphatic heterocycles. The van der Waals surface area contributed by atoms with Gasteiger partial charge < -0.3 is 20.7 Å². The average molecular weight is 482 g/mol. The Kier molecular flexibility index (Phi) is 9.60. The van der Waals surface area contributed by atoms with Crippen molar-refractivity contribution in [2.24, 2.45) is 10.9 Å². The lowest BCUT2D eigenvalue weighted by Gasteiger charge is -2.15. The molecule has 0 bridgehead atoms. The largest absolute Gasteiger partial charge is 0.434 e. The molecular formula is C17H25F2IN4O2. The fourth-order valence-corrected chi connectivity index (χ4v) is 2.31. The summed E-state index contributed by atoms with van der Waals surface area (Å²) in [5.74, 6) is 0.940. The van der Waals surface area contributed by atoms with Gasteiger partial charge in [0, 0.05) is 38.2 Å². The smallest absolute Gasteiger partial charge is 0.387 e. The zero-order valence-corrected chi connectivity index (χ0v) is 17.2. The van der Waals surface area contributed by atoms with Crippen LogP contribution < -0.4 is 20.7 Å². The van der Waals surface area contributed by atoms with Gasteiger partial charge in [0.25, 0.3) is 0 Å². The predicted octanol–water partition coefficient (Wildman–Crippen LogP) is 2.41. The molecule has 0 spiro atoms. The summed E-state index contributed by atoms with van der Waals surface area (Å²) >= 11 is 0. The van der Waals surface area contributed by atoms with Gasteiger partial charge in [0.15, 0.2) is 5.96 Å². The van der Waals surface area contributed by atoms with Crippen LogP contribution in [0.25, 0.3) is 0 Å². The van der Waals surface area contributed by atoms with E-state index in [9.17, 15) is 13.6 Å². The quantitative estimate of drug-likeness (QED) is 0.230. The molecule has 0 unspecified atom stereocenters. The lowest BCUT2D eigenvalue weighted by Crippen LogP contribution is -2.41. The molecule has 2 rings (SSSR count). The highest BCUT2D eigenvalue weighted by molar-refractivity contribution is 14.0. The summed E-state index contributed by atoms with van der Waals surface area (Å²) in [6, 6.07) is 5.03. The van der Waals surface area contributed by atoms with E-state index in [0.717, 1.165) is 18.4 Å². The number of rotatable bonds is 8. The fraction of sp³-hybridized carbons (Fsp3) is 0.529. The van der Waals surface area contributed by atoms with Crippen LogP contribution in [0.1, 0.15) is 24.0 Å². The number of hydrogen-bond acceptors (Lipinski definition) is 3. The number of alkyl halides is 2. The number of carbonyl (C=O) groups is 1. The van der Waals surface area contributed by atoms with Gasteiger partial charge in [-0.05, 0) is 25.8 Å². The number of aryl methyl sites for hydroxylation is 1. The summed E-state index contributed by atoms with van der Waals surface area (Å²) in [7, 11) is 1.62. The Morgan fingerprint density at radius 1 is 1.27 bits per heavy atom. The first-order valence-corrected chi connectivity index (χ1v) is 8.26. The minimum atomic E-state index is -2.87. The summed E-state index contributed by atoms with van der Waals surface area (Å²) < 4.78 is 29.5. The van der Waals surface area contributed by atoms with E-state index < -0.39 is 6.61 Å². The van der Waals surface area contributed by atoms with Crippen molar-refractivity contribution < 1.29 is 18.3 Å². The molecule has 0 radical (unpaired) electrons.